The number of carbonyl (C=O) groups excluding carboxylic acids is 1. The van der Waals surface area contributed by atoms with E-state index in [-0.39, 0.29) is 18.3 Å². The van der Waals surface area contributed by atoms with Crippen LogP contribution < -0.4 is 4.90 Å². The number of hydrogen-bond donors (Lipinski definition) is 0. The SMILES string of the molecule is Cc1cccc2sc(N(CCCN3CCOCC3)C(=O)c3cccc(Cl)c3)nc12.Cl. The summed E-state index contributed by atoms with van der Waals surface area (Å²) in [7, 11) is 0. The van der Waals surface area contributed by atoms with E-state index < -0.39 is 0 Å². The number of rotatable bonds is 6. The fraction of sp³-hybridized carbons (Fsp3) is 0.364. The maximum atomic E-state index is 13.3. The number of morpholine rings is 1. The average molecular weight is 466 g/mol. The largest absolute Gasteiger partial charge is 0.379 e. The molecule has 2 heterocycles. The zero-order chi connectivity index (χ0) is 20.2. The van der Waals surface area contributed by atoms with Gasteiger partial charge in [0.2, 0.25) is 0 Å². The molecule has 160 valence electrons. The Morgan fingerprint density at radius 1 is 1.23 bits per heavy atom. The maximum absolute atomic E-state index is 13.3. The summed E-state index contributed by atoms with van der Waals surface area (Å²) in [6, 6.07) is 13.2. The Labute approximate surface area is 192 Å². The zero-order valence-corrected chi connectivity index (χ0v) is 19.2. The van der Waals surface area contributed by atoms with Gasteiger partial charge in [-0.3, -0.25) is 14.6 Å². The van der Waals surface area contributed by atoms with Gasteiger partial charge in [0.1, 0.15) is 0 Å². The number of halogens is 2. The molecule has 2 aromatic carbocycles. The van der Waals surface area contributed by atoms with Crippen molar-refractivity contribution in [3.05, 3.63) is 58.6 Å². The van der Waals surface area contributed by atoms with Crippen LogP contribution in [0.2, 0.25) is 5.02 Å². The highest BCUT2D eigenvalue weighted by molar-refractivity contribution is 7.22. The lowest BCUT2D eigenvalue weighted by Gasteiger charge is -2.27. The molecule has 0 aliphatic carbocycles. The quantitative estimate of drug-likeness (QED) is 0.510. The molecule has 1 amide bonds. The fourth-order valence-electron chi connectivity index (χ4n) is 3.53. The second-order valence-corrected chi connectivity index (χ2v) is 8.64. The van der Waals surface area contributed by atoms with Crippen molar-refractivity contribution >= 4 is 56.6 Å². The normalized spacial score (nSPS) is 14.5. The van der Waals surface area contributed by atoms with Gasteiger partial charge < -0.3 is 4.74 Å². The summed E-state index contributed by atoms with van der Waals surface area (Å²) >= 11 is 7.69. The molecule has 0 saturated carbocycles. The smallest absolute Gasteiger partial charge is 0.260 e. The minimum Gasteiger partial charge on any atom is -0.379 e. The summed E-state index contributed by atoms with van der Waals surface area (Å²) in [5.41, 5.74) is 2.66. The summed E-state index contributed by atoms with van der Waals surface area (Å²) in [6.07, 6.45) is 0.876. The highest BCUT2D eigenvalue weighted by Gasteiger charge is 2.22. The van der Waals surface area contributed by atoms with Crippen molar-refractivity contribution in [2.75, 3.05) is 44.3 Å². The van der Waals surface area contributed by atoms with Gasteiger partial charge in [-0.15, -0.1) is 12.4 Å². The third kappa shape index (κ3) is 5.31. The van der Waals surface area contributed by atoms with E-state index in [1.54, 1.807) is 28.4 Å². The van der Waals surface area contributed by atoms with E-state index in [1.807, 2.05) is 31.2 Å². The molecular weight excluding hydrogens is 441 g/mol. The summed E-state index contributed by atoms with van der Waals surface area (Å²) in [5.74, 6) is -0.0637. The Kier molecular flexibility index (Phi) is 8.08. The summed E-state index contributed by atoms with van der Waals surface area (Å²) in [4.78, 5) is 22.3. The van der Waals surface area contributed by atoms with Crippen LogP contribution >= 0.6 is 35.3 Å². The molecule has 1 fully saturated rings. The van der Waals surface area contributed by atoms with E-state index >= 15 is 0 Å². The topological polar surface area (TPSA) is 45.7 Å². The highest BCUT2D eigenvalue weighted by atomic mass is 35.5. The molecule has 0 spiro atoms. The first-order valence-electron chi connectivity index (χ1n) is 9.85. The third-order valence-corrected chi connectivity index (χ3v) is 6.40. The number of amides is 1. The van der Waals surface area contributed by atoms with Crippen LogP contribution in [0, 0.1) is 6.92 Å². The van der Waals surface area contributed by atoms with Crippen LogP contribution in [0.25, 0.3) is 10.2 Å². The van der Waals surface area contributed by atoms with Gasteiger partial charge in [0, 0.05) is 36.8 Å². The van der Waals surface area contributed by atoms with Crippen LogP contribution in [-0.4, -0.2) is 55.2 Å². The number of thiazole rings is 1. The Morgan fingerprint density at radius 3 is 2.73 bits per heavy atom. The van der Waals surface area contributed by atoms with Gasteiger partial charge in [0.05, 0.1) is 23.4 Å². The molecule has 1 aliphatic rings. The van der Waals surface area contributed by atoms with Gasteiger partial charge in [-0.05, 0) is 43.2 Å². The highest BCUT2D eigenvalue weighted by Crippen LogP contribution is 2.31. The number of anilines is 1. The number of benzene rings is 2. The molecule has 0 radical (unpaired) electrons. The monoisotopic (exact) mass is 465 g/mol. The molecule has 5 nitrogen and oxygen atoms in total. The predicted octanol–water partition coefficient (Wildman–Crippen LogP) is 5.05. The second kappa shape index (κ2) is 10.6. The molecule has 1 aliphatic heterocycles. The van der Waals surface area contributed by atoms with Crippen molar-refractivity contribution in [1.29, 1.82) is 0 Å². The first kappa shape index (κ1) is 23.0. The summed E-state index contributed by atoms with van der Waals surface area (Å²) in [5, 5.41) is 1.30. The molecule has 0 bridgehead atoms. The number of ether oxygens (including phenoxy) is 1. The molecule has 0 N–H and O–H groups in total. The molecule has 4 rings (SSSR count). The molecule has 0 unspecified atom stereocenters. The minimum atomic E-state index is -0.0637. The molecular formula is C22H25Cl2N3O2S. The standard InChI is InChI=1S/C22H24ClN3O2S.ClH/c1-16-5-2-8-19-20(16)24-22(29-19)26(10-4-9-25-11-13-28-14-12-25)21(27)17-6-3-7-18(23)15-17;/h2-3,5-8,15H,4,9-14H2,1H3;1H. The van der Waals surface area contributed by atoms with E-state index in [1.165, 1.54) is 0 Å². The molecule has 0 atom stereocenters. The Bertz CT molecular complexity index is 1000. The Morgan fingerprint density at radius 2 is 2.00 bits per heavy atom. The number of aryl methyl sites for hydroxylation is 1. The molecule has 1 aromatic heterocycles. The maximum Gasteiger partial charge on any atom is 0.260 e. The van der Waals surface area contributed by atoms with Crippen LogP contribution in [0.1, 0.15) is 22.3 Å². The lowest BCUT2D eigenvalue weighted by Crippen LogP contribution is -2.39. The van der Waals surface area contributed by atoms with Crippen molar-refractivity contribution in [3.63, 3.8) is 0 Å². The number of nitrogens with zero attached hydrogens (tertiary/aromatic N) is 3. The van der Waals surface area contributed by atoms with Gasteiger partial charge in [-0.25, -0.2) is 4.98 Å². The summed E-state index contributed by atoms with van der Waals surface area (Å²) < 4.78 is 6.52. The van der Waals surface area contributed by atoms with Crippen LogP contribution in [-0.2, 0) is 4.74 Å². The first-order chi connectivity index (χ1) is 14.1. The van der Waals surface area contributed by atoms with Crippen molar-refractivity contribution in [2.45, 2.75) is 13.3 Å². The number of aromatic nitrogens is 1. The van der Waals surface area contributed by atoms with Crippen molar-refractivity contribution in [1.82, 2.24) is 9.88 Å². The van der Waals surface area contributed by atoms with Crippen LogP contribution in [0.3, 0.4) is 0 Å². The van der Waals surface area contributed by atoms with Crippen LogP contribution in [0.15, 0.2) is 42.5 Å². The van der Waals surface area contributed by atoms with Crippen molar-refractivity contribution < 1.29 is 9.53 Å². The van der Waals surface area contributed by atoms with E-state index in [0.29, 0.717) is 17.1 Å². The predicted molar refractivity (Wildman–Crippen MR) is 127 cm³/mol. The van der Waals surface area contributed by atoms with E-state index in [0.717, 1.165) is 60.2 Å². The first-order valence-corrected chi connectivity index (χ1v) is 11.0. The van der Waals surface area contributed by atoms with Gasteiger partial charge in [0.25, 0.3) is 5.91 Å². The Hall–Kier alpha value is -1.70. The van der Waals surface area contributed by atoms with Gasteiger partial charge in [-0.1, -0.05) is 41.1 Å². The van der Waals surface area contributed by atoms with Crippen LogP contribution in [0.5, 0.6) is 0 Å². The second-order valence-electron chi connectivity index (χ2n) is 7.19. The van der Waals surface area contributed by atoms with Gasteiger partial charge >= 0.3 is 0 Å². The lowest BCUT2D eigenvalue weighted by molar-refractivity contribution is 0.0376. The van der Waals surface area contributed by atoms with Gasteiger partial charge in [0.15, 0.2) is 5.13 Å². The molecule has 30 heavy (non-hydrogen) atoms. The zero-order valence-electron chi connectivity index (χ0n) is 16.8. The van der Waals surface area contributed by atoms with Gasteiger partial charge in [-0.2, -0.15) is 0 Å². The van der Waals surface area contributed by atoms with E-state index in [2.05, 4.69) is 11.0 Å². The number of carbonyl (C=O) groups is 1. The van der Waals surface area contributed by atoms with Crippen molar-refractivity contribution in [2.24, 2.45) is 0 Å². The van der Waals surface area contributed by atoms with E-state index in [9.17, 15) is 4.79 Å². The number of hydrogen-bond acceptors (Lipinski definition) is 5. The lowest BCUT2D eigenvalue weighted by atomic mass is 10.2. The van der Waals surface area contributed by atoms with Crippen molar-refractivity contribution in [3.8, 4) is 0 Å². The molecule has 8 heteroatoms. The Balaban J connectivity index is 0.00000256. The fourth-order valence-corrected chi connectivity index (χ4v) is 4.79. The number of fused-ring (bicyclic) bond motifs is 1. The minimum absolute atomic E-state index is 0. The van der Waals surface area contributed by atoms with E-state index in [4.69, 9.17) is 21.3 Å². The average Bonchev–Trinajstić information content (AvgIpc) is 3.17. The van der Waals surface area contributed by atoms with Crippen LogP contribution in [0.4, 0.5) is 5.13 Å². The summed E-state index contributed by atoms with van der Waals surface area (Å²) in [6.45, 7) is 7.05. The molecule has 1 saturated heterocycles. The molecule has 3 aromatic rings. The third-order valence-electron chi connectivity index (χ3n) is 5.12. The number of para-hydroxylation sites is 1.